The predicted octanol–water partition coefficient (Wildman–Crippen LogP) is 2.28. The number of carbonyl (C=O) groups excluding carboxylic acids is 2. The predicted molar refractivity (Wildman–Crippen MR) is 111 cm³/mol. The van der Waals surface area contributed by atoms with Crippen LogP contribution in [0.2, 0.25) is 5.02 Å². The van der Waals surface area contributed by atoms with E-state index in [9.17, 15) is 9.59 Å². The number of anilines is 1. The van der Waals surface area contributed by atoms with Gasteiger partial charge in [0, 0.05) is 23.8 Å². The zero-order valence-corrected chi connectivity index (χ0v) is 17.0. The van der Waals surface area contributed by atoms with Crippen molar-refractivity contribution in [1.29, 1.82) is 0 Å². The highest BCUT2D eigenvalue weighted by Crippen LogP contribution is 2.17. The lowest BCUT2D eigenvalue weighted by molar-refractivity contribution is -0.123. The Morgan fingerprint density at radius 1 is 1.26 bits per heavy atom. The molecule has 2 fully saturated rings. The molecule has 0 spiro atoms. The van der Waals surface area contributed by atoms with E-state index >= 15 is 0 Å². The second-order valence-electron chi connectivity index (χ2n) is 7.20. The maximum absolute atomic E-state index is 12.3. The number of halogens is 2. The van der Waals surface area contributed by atoms with Crippen molar-refractivity contribution in [2.24, 2.45) is 5.92 Å². The van der Waals surface area contributed by atoms with Gasteiger partial charge < -0.3 is 16.0 Å². The van der Waals surface area contributed by atoms with E-state index in [-0.39, 0.29) is 30.3 Å². The van der Waals surface area contributed by atoms with Crippen molar-refractivity contribution in [3.05, 3.63) is 29.3 Å². The molecule has 0 aliphatic carbocycles. The van der Waals surface area contributed by atoms with Crippen LogP contribution in [0.3, 0.4) is 0 Å². The standard InChI is InChI=1S/C19H27ClN4O2.ClH/c20-15-5-1-6-16(10-15)23-18(25)13-24-9-3-4-14(12-24)11-22-19(26)17-7-2-8-21-17;/h1,5-6,10,14,17,21H,2-4,7-9,11-13H2,(H,22,26)(H,23,25);1H. The zero-order valence-electron chi connectivity index (χ0n) is 15.4. The summed E-state index contributed by atoms with van der Waals surface area (Å²) in [6.45, 7) is 3.72. The monoisotopic (exact) mass is 414 g/mol. The van der Waals surface area contributed by atoms with Crippen molar-refractivity contribution in [2.45, 2.75) is 31.7 Å². The smallest absolute Gasteiger partial charge is 0.238 e. The van der Waals surface area contributed by atoms with E-state index in [1.54, 1.807) is 12.1 Å². The van der Waals surface area contributed by atoms with Crippen molar-refractivity contribution < 1.29 is 9.59 Å². The molecule has 0 radical (unpaired) electrons. The molecule has 2 aliphatic heterocycles. The van der Waals surface area contributed by atoms with Crippen molar-refractivity contribution in [3.63, 3.8) is 0 Å². The van der Waals surface area contributed by atoms with Crippen LogP contribution in [0.5, 0.6) is 0 Å². The first-order chi connectivity index (χ1) is 12.6. The topological polar surface area (TPSA) is 73.5 Å². The molecule has 0 bridgehead atoms. The third-order valence-electron chi connectivity index (χ3n) is 5.02. The van der Waals surface area contributed by atoms with E-state index in [1.807, 2.05) is 12.1 Å². The van der Waals surface area contributed by atoms with Crippen LogP contribution in [0.4, 0.5) is 5.69 Å². The van der Waals surface area contributed by atoms with Gasteiger partial charge >= 0.3 is 0 Å². The molecule has 0 saturated carbocycles. The molecule has 1 aromatic rings. The van der Waals surface area contributed by atoms with Crippen LogP contribution < -0.4 is 16.0 Å². The van der Waals surface area contributed by atoms with Crippen LogP contribution in [-0.4, -0.2) is 55.5 Å². The van der Waals surface area contributed by atoms with Crippen LogP contribution in [0.1, 0.15) is 25.7 Å². The summed E-state index contributed by atoms with van der Waals surface area (Å²) in [6, 6.07) is 7.14. The number of nitrogens with one attached hydrogen (secondary N) is 3. The lowest BCUT2D eigenvalue weighted by atomic mass is 9.98. The normalized spacial score (nSPS) is 22.7. The molecular formula is C19H28Cl2N4O2. The van der Waals surface area contributed by atoms with Gasteiger partial charge in [0.15, 0.2) is 0 Å². The number of rotatable bonds is 6. The van der Waals surface area contributed by atoms with Crippen molar-refractivity contribution in [2.75, 3.05) is 38.0 Å². The zero-order chi connectivity index (χ0) is 18.4. The first-order valence-corrected chi connectivity index (χ1v) is 9.77. The summed E-state index contributed by atoms with van der Waals surface area (Å²) >= 11 is 5.95. The molecule has 2 heterocycles. The second-order valence-corrected chi connectivity index (χ2v) is 7.63. The Morgan fingerprint density at radius 2 is 2.11 bits per heavy atom. The number of hydrogen-bond acceptors (Lipinski definition) is 4. The maximum atomic E-state index is 12.3. The largest absolute Gasteiger partial charge is 0.354 e. The molecule has 2 unspecified atom stereocenters. The number of hydrogen-bond donors (Lipinski definition) is 3. The Balaban J connectivity index is 0.00000261. The fraction of sp³-hybridized carbons (Fsp3) is 0.579. The minimum Gasteiger partial charge on any atom is -0.354 e. The summed E-state index contributed by atoms with van der Waals surface area (Å²) < 4.78 is 0. The van der Waals surface area contributed by atoms with E-state index in [1.165, 1.54) is 0 Å². The van der Waals surface area contributed by atoms with Gasteiger partial charge in [0.05, 0.1) is 12.6 Å². The second kappa shape index (κ2) is 10.9. The summed E-state index contributed by atoms with van der Waals surface area (Å²) in [6.07, 6.45) is 4.13. The molecule has 27 heavy (non-hydrogen) atoms. The molecule has 3 rings (SSSR count). The molecule has 3 N–H and O–H groups in total. The van der Waals surface area contributed by atoms with Crippen LogP contribution in [0.15, 0.2) is 24.3 Å². The number of piperidine rings is 1. The molecule has 6 nitrogen and oxygen atoms in total. The SMILES string of the molecule is Cl.O=C(CN1CCCC(CNC(=O)C2CCCN2)C1)Nc1cccc(Cl)c1. The fourth-order valence-corrected chi connectivity index (χ4v) is 3.90. The summed E-state index contributed by atoms with van der Waals surface area (Å²) in [7, 11) is 0. The number of nitrogens with zero attached hydrogens (tertiary/aromatic N) is 1. The fourth-order valence-electron chi connectivity index (χ4n) is 3.71. The van der Waals surface area contributed by atoms with Gasteiger partial charge in [-0.1, -0.05) is 17.7 Å². The van der Waals surface area contributed by atoms with Crippen molar-refractivity contribution >= 4 is 41.5 Å². The Morgan fingerprint density at radius 3 is 2.85 bits per heavy atom. The lowest BCUT2D eigenvalue weighted by Gasteiger charge is -2.32. The van der Waals surface area contributed by atoms with E-state index in [4.69, 9.17) is 11.6 Å². The molecule has 8 heteroatoms. The average Bonchev–Trinajstić information content (AvgIpc) is 3.14. The molecule has 1 aromatic carbocycles. The molecule has 0 aromatic heterocycles. The van der Waals surface area contributed by atoms with Gasteiger partial charge in [-0.15, -0.1) is 12.4 Å². The minimum atomic E-state index is -0.0351. The number of likely N-dealkylation sites (tertiary alicyclic amines) is 1. The molecule has 150 valence electrons. The minimum absolute atomic E-state index is 0. The van der Waals surface area contributed by atoms with Gasteiger partial charge in [-0.25, -0.2) is 0 Å². The van der Waals surface area contributed by atoms with Crippen LogP contribution >= 0.6 is 24.0 Å². The van der Waals surface area contributed by atoms with E-state index < -0.39 is 0 Å². The highest BCUT2D eigenvalue weighted by atomic mass is 35.5. The van der Waals surface area contributed by atoms with Gasteiger partial charge in [0.2, 0.25) is 11.8 Å². The first kappa shape index (κ1) is 22.0. The average molecular weight is 415 g/mol. The molecule has 2 aliphatic rings. The summed E-state index contributed by atoms with van der Waals surface area (Å²) in [5.74, 6) is 0.471. The number of benzene rings is 1. The Bertz CT molecular complexity index is 638. The molecule has 2 amide bonds. The molecule has 2 atom stereocenters. The van der Waals surface area contributed by atoms with Crippen LogP contribution in [-0.2, 0) is 9.59 Å². The van der Waals surface area contributed by atoms with E-state index in [2.05, 4.69) is 20.9 Å². The van der Waals surface area contributed by atoms with Crippen LogP contribution in [0.25, 0.3) is 0 Å². The Kier molecular flexibility index (Phi) is 8.83. The molecular weight excluding hydrogens is 387 g/mol. The third kappa shape index (κ3) is 6.96. The number of amides is 2. The highest BCUT2D eigenvalue weighted by molar-refractivity contribution is 6.30. The van der Waals surface area contributed by atoms with E-state index in [0.29, 0.717) is 29.7 Å². The maximum Gasteiger partial charge on any atom is 0.238 e. The Labute approximate surface area is 171 Å². The quantitative estimate of drug-likeness (QED) is 0.667. The van der Waals surface area contributed by atoms with Gasteiger partial charge in [-0.05, 0) is 62.9 Å². The summed E-state index contributed by atoms with van der Waals surface area (Å²) in [4.78, 5) is 26.5. The first-order valence-electron chi connectivity index (χ1n) is 9.39. The van der Waals surface area contributed by atoms with Gasteiger partial charge in [-0.3, -0.25) is 14.5 Å². The van der Waals surface area contributed by atoms with Gasteiger partial charge in [0.1, 0.15) is 0 Å². The Hall–Kier alpha value is -1.34. The lowest BCUT2D eigenvalue weighted by Crippen LogP contribution is -2.46. The van der Waals surface area contributed by atoms with E-state index in [0.717, 1.165) is 45.3 Å². The summed E-state index contributed by atoms with van der Waals surface area (Å²) in [5.41, 5.74) is 0.715. The van der Waals surface area contributed by atoms with Gasteiger partial charge in [-0.2, -0.15) is 0 Å². The summed E-state index contributed by atoms with van der Waals surface area (Å²) in [5, 5.41) is 9.79. The number of carbonyl (C=O) groups is 2. The highest BCUT2D eigenvalue weighted by Gasteiger charge is 2.25. The van der Waals surface area contributed by atoms with Crippen molar-refractivity contribution in [3.8, 4) is 0 Å². The van der Waals surface area contributed by atoms with Crippen LogP contribution in [0, 0.1) is 5.92 Å². The van der Waals surface area contributed by atoms with Gasteiger partial charge in [0.25, 0.3) is 0 Å². The molecule has 2 saturated heterocycles. The third-order valence-corrected chi connectivity index (χ3v) is 5.26. The van der Waals surface area contributed by atoms with Crippen molar-refractivity contribution in [1.82, 2.24) is 15.5 Å².